The molecule has 0 bridgehead atoms. The average Bonchev–Trinajstić information content (AvgIpc) is 3.64. The maximum Gasteiger partial charge on any atom is 0.274 e. The third-order valence-electron chi connectivity index (χ3n) is 7.43. The molecule has 3 rings (SSSR count). The van der Waals surface area contributed by atoms with Gasteiger partial charge in [-0.15, -0.1) is 0 Å². The molecule has 0 saturated carbocycles. The van der Waals surface area contributed by atoms with Crippen LogP contribution in [0.3, 0.4) is 0 Å². The largest absolute Gasteiger partial charge is 0.790 e. The first-order valence-corrected chi connectivity index (χ1v) is 20.9. The van der Waals surface area contributed by atoms with Gasteiger partial charge >= 0.3 is 0 Å². The molecule has 3 heterocycles. The second kappa shape index (κ2) is 19.0. The fourth-order valence-corrected chi connectivity index (χ4v) is 7.97. The molecule has 55 heavy (non-hydrogen) atoms. The fourth-order valence-electron chi connectivity index (χ4n) is 4.48. The summed E-state index contributed by atoms with van der Waals surface area (Å²) < 4.78 is 60.2. The molecule has 30 heteroatoms. The predicted molar refractivity (Wildman–Crippen MR) is 172 cm³/mol. The van der Waals surface area contributed by atoms with Crippen molar-refractivity contribution in [3.8, 4) is 0 Å². The molecule has 2 aromatic heterocycles. The van der Waals surface area contributed by atoms with Crippen molar-refractivity contribution in [1.29, 1.82) is 0 Å². The number of fused-ring (bicyclic) bond motifs is 1. The quantitative estimate of drug-likeness (QED) is 0.0444. The molecule has 1 aliphatic heterocycles. The Morgan fingerprint density at radius 2 is 1.73 bits per heavy atom. The van der Waals surface area contributed by atoms with Gasteiger partial charge in [0.05, 0.1) is 39.3 Å². The van der Waals surface area contributed by atoms with Crippen LogP contribution < -0.4 is 41.0 Å². The van der Waals surface area contributed by atoms with Gasteiger partial charge in [0.1, 0.15) is 36.3 Å². The van der Waals surface area contributed by atoms with Crippen molar-refractivity contribution >= 4 is 75.1 Å². The van der Waals surface area contributed by atoms with Crippen molar-refractivity contribution in [1.82, 2.24) is 30.2 Å². The van der Waals surface area contributed by atoms with Gasteiger partial charge in [0.15, 0.2) is 22.8 Å². The highest BCUT2D eigenvalue weighted by Crippen LogP contribution is 2.56. The molecule has 0 aromatic carbocycles. The lowest BCUT2D eigenvalue weighted by atomic mass is 9.87. The molecule has 1 aliphatic rings. The number of aromatic nitrogens is 4. The van der Waals surface area contributed by atoms with Crippen molar-refractivity contribution in [2.75, 3.05) is 37.8 Å². The van der Waals surface area contributed by atoms with E-state index in [1.165, 1.54) is 0 Å². The molecule has 26 nitrogen and oxygen atoms in total. The van der Waals surface area contributed by atoms with Crippen LogP contribution in [-0.4, -0.2) is 109 Å². The summed E-state index contributed by atoms with van der Waals surface area (Å²) in [6.45, 7) is 0.836. The monoisotopic (exact) mass is 862 g/mol. The molecule has 1 saturated heterocycles. The lowest BCUT2D eigenvalue weighted by Gasteiger charge is -2.36. The molecular weight excluding hydrogens is 827 g/mol. The number of nitrogen functional groups attached to an aromatic ring is 1. The number of hydrogen-bond acceptors (Lipinski definition) is 24. The summed E-state index contributed by atoms with van der Waals surface area (Å²) in [7, 11) is -17.7. The maximum atomic E-state index is 12.5. The molecule has 2 aromatic rings. The van der Waals surface area contributed by atoms with E-state index in [-0.39, 0.29) is 42.2 Å². The number of carboxylic acids is 1. The van der Waals surface area contributed by atoms with E-state index in [0.29, 0.717) is 11.8 Å². The summed E-state index contributed by atoms with van der Waals surface area (Å²) in [6, 6.07) is 0. The standard InChI is InChI=1S/C25H40N7O19P3S/c1-12(23(37)38)24(39)55-7-6-27-14(33)4-5-28-21(36)18(35)25(2,3)9-48-54(45,46)51-53(43,44)47-8-13-17(50-52(40,41)42)16(34)22(49-13)32-11-31-15-19(26)29-10-30-20(15)32/h10-13,16-18,22,34-35H,4-9H2,1-3H3,(H,27,33)(H,28,36)(H,37,38)(H,43,44)(H,45,46)(H2,26,29,30)(H2,40,41,42)/p-5/t12-,13-,16-,17-,18+,22-/m1/s1. The molecule has 8 atom stereocenters. The third kappa shape index (κ3) is 13.6. The number of aliphatic carboxylic acids is 1. The first kappa shape index (κ1) is 46.4. The van der Waals surface area contributed by atoms with Gasteiger partial charge < -0.3 is 78.9 Å². The van der Waals surface area contributed by atoms with E-state index in [1.807, 2.05) is 0 Å². The van der Waals surface area contributed by atoms with Gasteiger partial charge in [0.2, 0.25) is 11.8 Å². The predicted octanol–water partition coefficient (Wildman–Crippen LogP) is -5.48. The zero-order valence-corrected chi connectivity index (χ0v) is 32.3. The van der Waals surface area contributed by atoms with Crippen LogP contribution in [0, 0.1) is 11.3 Å². The summed E-state index contributed by atoms with van der Waals surface area (Å²) in [6.07, 6.45) is -7.82. The van der Waals surface area contributed by atoms with Crippen LogP contribution >= 0.6 is 35.2 Å². The van der Waals surface area contributed by atoms with Crippen LogP contribution in [0.2, 0.25) is 0 Å². The Labute approximate surface area is 314 Å². The Balaban J connectivity index is 1.50. The summed E-state index contributed by atoms with van der Waals surface area (Å²) in [5, 5.41) is 35.9. The van der Waals surface area contributed by atoms with Gasteiger partial charge in [0.25, 0.3) is 15.6 Å². The van der Waals surface area contributed by atoms with Crippen LogP contribution in [0.1, 0.15) is 33.4 Å². The number of aliphatic hydroxyl groups excluding tert-OH is 2. The average molecular weight is 863 g/mol. The number of carbonyl (C=O) groups excluding carboxylic acids is 4. The molecular formula is C25H35N7O19P3S-5. The third-order valence-corrected chi connectivity index (χ3v) is 11.5. The summed E-state index contributed by atoms with van der Waals surface area (Å²) in [5.41, 5.74) is 3.99. The number of imidazole rings is 1. The van der Waals surface area contributed by atoms with Crippen LogP contribution in [0.5, 0.6) is 0 Å². The molecule has 0 spiro atoms. The van der Waals surface area contributed by atoms with Crippen molar-refractivity contribution in [2.45, 2.75) is 57.8 Å². The van der Waals surface area contributed by atoms with Gasteiger partial charge in [-0.2, -0.15) is 0 Å². The second-order valence-corrected chi connectivity index (χ2v) is 17.4. The summed E-state index contributed by atoms with van der Waals surface area (Å²) in [4.78, 5) is 106. The van der Waals surface area contributed by atoms with E-state index < -0.39 is 102 Å². The smallest absolute Gasteiger partial charge is 0.274 e. The maximum absolute atomic E-state index is 12.5. The zero-order valence-electron chi connectivity index (χ0n) is 28.8. The van der Waals surface area contributed by atoms with Gasteiger partial charge in [-0.3, -0.25) is 28.1 Å². The number of nitrogens with one attached hydrogen (secondary N) is 2. The van der Waals surface area contributed by atoms with Gasteiger partial charge in [-0.1, -0.05) is 25.6 Å². The first-order valence-electron chi connectivity index (χ1n) is 15.5. The molecule has 0 aliphatic carbocycles. The van der Waals surface area contributed by atoms with Gasteiger partial charge in [-0.25, -0.2) is 19.3 Å². The van der Waals surface area contributed by atoms with Gasteiger partial charge in [0, 0.05) is 30.7 Å². The van der Waals surface area contributed by atoms with E-state index in [2.05, 4.69) is 43.5 Å². The number of phosphoric acid groups is 3. The fraction of sp³-hybridized carbons (Fsp3) is 0.640. The van der Waals surface area contributed by atoms with E-state index in [1.54, 1.807) is 0 Å². The molecule has 0 radical (unpaired) electrons. The topological polar surface area (TPSA) is 415 Å². The minimum absolute atomic E-state index is 0.0100. The lowest BCUT2D eigenvalue weighted by molar-refractivity contribution is -0.347. The number of carboxylic acid groups (broad SMARTS) is 1. The second-order valence-electron chi connectivity index (χ2n) is 12.2. The Kier molecular flexibility index (Phi) is 16.0. The molecule has 2 unspecified atom stereocenters. The summed E-state index contributed by atoms with van der Waals surface area (Å²) >= 11 is 0.674. The number of phosphoric ester groups is 3. The number of carbonyl (C=O) groups is 4. The molecule has 310 valence electrons. The van der Waals surface area contributed by atoms with Crippen molar-refractivity contribution in [3.05, 3.63) is 12.7 Å². The molecule has 1 fully saturated rings. The van der Waals surface area contributed by atoms with E-state index in [9.17, 15) is 67.8 Å². The van der Waals surface area contributed by atoms with Gasteiger partial charge in [-0.05, 0) is 6.92 Å². The van der Waals surface area contributed by atoms with Crippen LogP contribution in [0.15, 0.2) is 12.7 Å². The van der Waals surface area contributed by atoms with Crippen molar-refractivity contribution in [2.24, 2.45) is 11.3 Å². The van der Waals surface area contributed by atoms with Crippen molar-refractivity contribution < 1.29 is 90.4 Å². The highest BCUT2D eigenvalue weighted by atomic mass is 32.2. The highest BCUT2D eigenvalue weighted by molar-refractivity contribution is 8.13. The SMILES string of the molecule is C[C@H](C(=O)[O-])C(=O)SCCNC(=O)CCNC(=O)[C@H](O)C(C)(C)COP(=O)([O-])OP(=O)([O-])OC[C@H]1O[C@@H](n2cnc3c(N)ncnc32)[C@H](O)[C@@H]1OP(=O)([O-])[O-]. The number of nitrogens with two attached hydrogens (primary N) is 1. The Morgan fingerprint density at radius 3 is 2.36 bits per heavy atom. The number of aliphatic hydroxyl groups is 2. The first-order chi connectivity index (χ1) is 25.3. The minimum atomic E-state index is -5.94. The number of hydrogen-bond donors (Lipinski definition) is 5. The Bertz CT molecular complexity index is 1860. The van der Waals surface area contributed by atoms with Crippen LogP contribution in [-0.2, 0) is 55.5 Å². The number of ether oxygens (including phenoxy) is 1. The number of anilines is 1. The molecule has 6 N–H and O–H groups in total. The van der Waals surface area contributed by atoms with Crippen LogP contribution in [0.4, 0.5) is 5.82 Å². The summed E-state index contributed by atoms with van der Waals surface area (Å²) in [5.74, 6) is -4.55. The van der Waals surface area contributed by atoms with E-state index >= 15 is 0 Å². The zero-order chi connectivity index (χ0) is 41.5. The van der Waals surface area contributed by atoms with Crippen LogP contribution in [0.25, 0.3) is 11.2 Å². The number of amides is 2. The number of nitrogens with zero attached hydrogens (tertiary/aromatic N) is 4. The lowest BCUT2D eigenvalue weighted by Crippen LogP contribution is -2.46. The Morgan fingerprint density at radius 1 is 1.07 bits per heavy atom. The minimum Gasteiger partial charge on any atom is -0.790 e. The Hall–Kier alpha value is -2.97. The number of rotatable bonds is 21. The number of thioether (sulfide) groups is 1. The highest BCUT2D eigenvalue weighted by Gasteiger charge is 2.47. The normalized spacial score (nSPS) is 22.3. The van der Waals surface area contributed by atoms with E-state index in [0.717, 1.165) is 38.0 Å². The molecule has 2 amide bonds. The van der Waals surface area contributed by atoms with Crippen molar-refractivity contribution in [3.63, 3.8) is 0 Å². The van der Waals surface area contributed by atoms with E-state index in [4.69, 9.17) is 10.5 Å².